The molecular formula is C87H142O17P2. The molecule has 0 aliphatic carbocycles. The van der Waals surface area contributed by atoms with Crippen LogP contribution in [0.1, 0.15) is 297 Å². The Hall–Kier alpha value is -5.58. The molecule has 0 aliphatic rings. The van der Waals surface area contributed by atoms with Crippen LogP contribution >= 0.6 is 15.6 Å². The van der Waals surface area contributed by atoms with E-state index in [1.54, 1.807) is 0 Å². The average Bonchev–Trinajstić information content (AvgIpc) is 0.902. The molecular weight excluding hydrogens is 1380 g/mol. The Morgan fingerprint density at radius 2 is 0.491 bits per heavy atom. The first kappa shape index (κ1) is 100. The Morgan fingerprint density at radius 1 is 0.274 bits per heavy atom. The fraction of sp³-hybridized carbons (Fsp3) is 0.632. The monoisotopic (exact) mass is 1520 g/mol. The molecule has 0 aliphatic heterocycles. The highest BCUT2D eigenvalue weighted by atomic mass is 31.2. The highest BCUT2D eigenvalue weighted by molar-refractivity contribution is 7.47. The minimum atomic E-state index is -5.00. The van der Waals surface area contributed by atoms with Crippen molar-refractivity contribution < 1.29 is 80.2 Å². The van der Waals surface area contributed by atoms with Gasteiger partial charge in [-0.3, -0.25) is 37.3 Å². The molecule has 0 bridgehead atoms. The SMILES string of the molecule is CC/C=C\C/C=C\C/C=C\C/C=C\CCCCCCCCC(=O)OCC(COP(=O)(O)OCC(O)COP(=O)(O)OCC(COC(=O)CCCC/C=C\C/C=C\C/C=C\C/C=C\CC)OC(=O)CCCCCCC/C=C\C/C=C\CCCCC)OC(=O)CCCCCC/C=C\C/C=C\C/C=C\C/C=C\CC. The van der Waals surface area contributed by atoms with Gasteiger partial charge < -0.3 is 33.8 Å². The number of hydrogen-bond acceptors (Lipinski definition) is 15. The normalized spacial score (nSPS) is 14.7. The minimum Gasteiger partial charge on any atom is -0.462 e. The Morgan fingerprint density at radius 3 is 0.774 bits per heavy atom. The van der Waals surface area contributed by atoms with Crippen molar-refractivity contribution in [3.8, 4) is 0 Å². The number of phosphoric acid groups is 2. The lowest BCUT2D eigenvalue weighted by molar-refractivity contribution is -0.161. The van der Waals surface area contributed by atoms with Crippen LogP contribution < -0.4 is 0 Å². The fourth-order valence-corrected chi connectivity index (χ4v) is 11.7. The van der Waals surface area contributed by atoms with Crippen LogP contribution in [-0.4, -0.2) is 96.7 Å². The number of carbonyl (C=O) groups excluding carboxylic acids is 4. The highest BCUT2D eigenvalue weighted by Crippen LogP contribution is 2.45. The molecule has 0 rings (SSSR count). The summed E-state index contributed by atoms with van der Waals surface area (Å²) in [5.74, 6) is -2.29. The molecule has 0 saturated heterocycles. The number of esters is 4. The smallest absolute Gasteiger partial charge is 0.462 e. The second kappa shape index (κ2) is 77.6. The fourth-order valence-electron chi connectivity index (χ4n) is 10.1. The highest BCUT2D eigenvalue weighted by Gasteiger charge is 2.30. The van der Waals surface area contributed by atoms with Gasteiger partial charge in [-0.2, -0.15) is 0 Å². The lowest BCUT2D eigenvalue weighted by Crippen LogP contribution is -2.30. The summed E-state index contributed by atoms with van der Waals surface area (Å²) in [7, 11) is -10.0. The summed E-state index contributed by atoms with van der Waals surface area (Å²) >= 11 is 0. The van der Waals surface area contributed by atoms with Crippen molar-refractivity contribution in [2.24, 2.45) is 0 Å². The van der Waals surface area contributed by atoms with Crippen LogP contribution in [0.15, 0.2) is 170 Å². The van der Waals surface area contributed by atoms with Crippen molar-refractivity contribution in [3.05, 3.63) is 170 Å². The number of hydrogen-bond donors (Lipinski definition) is 3. The molecule has 0 heterocycles. The van der Waals surface area contributed by atoms with Crippen molar-refractivity contribution in [1.82, 2.24) is 0 Å². The Labute approximate surface area is 642 Å². The molecule has 0 saturated carbocycles. The van der Waals surface area contributed by atoms with E-state index in [4.69, 9.17) is 37.0 Å². The third-order valence-electron chi connectivity index (χ3n) is 16.2. The summed E-state index contributed by atoms with van der Waals surface area (Å²) in [6.07, 6.45) is 91.8. The molecule has 19 heteroatoms. The summed E-state index contributed by atoms with van der Waals surface area (Å²) in [4.78, 5) is 73.1. The molecule has 5 unspecified atom stereocenters. The van der Waals surface area contributed by atoms with E-state index in [2.05, 4.69) is 198 Å². The van der Waals surface area contributed by atoms with E-state index in [0.717, 1.165) is 199 Å². The first-order chi connectivity index (χ1) is 51.7. The lowest BCUT2D eigenvalue weighted by atomic mass is 10.1. The van der Waals surface area contributed by atoms with Crippen LogP contribution in [0.5, 0.6) is 0 Å². The second-order valence-electron chi connectivity index (χ2n) is 26.2. The van der Waals surface area contributed by atoms with Gasteiger partial charge in [0.1, 0.15) is 19.3 Å². The summed E-state index contributed by atoms with van der Waals surface area (Å²) < 4.78 is 68.6. The number of rotatable bonds is 74. The van der Waals surface area contributed by atoms with E-state index in [-0.39, 0.29) is 25.7 Å². The van der Waals surface area contributed by atoms with Crippen LogP contribution in [-0.2, 0) is 65.4 Å². The molecule has 17 nitrogen and oxygen atoms in total. The first-order valence-corrected chi connectivity index (χ1v) is 43.4. The zero-order valence-corrected chi connectivity index (χ0v) is 67.6. The number of unbranched alkanes of at least 4 members (excludes halogenated alkanes) is 20. The van der Waals surface area contributed by atoms with Crippen LogP contribution in [0.4, 0.5) is 0 Å². The quantitative estimate of drug-likeness (QED) is 0.0169. The third-order valence-corrected chi connectivity index (χ3v) is 18.1. The van der Waals surface area contributed by atoms with Gasteiger partial charge in [-0.15, -0.1) is 0 Å². The molecule has 0 fully saturated rings. The average molecular weight is 1520 g/mol. The van der Waals surface area contributed by atoms with Crippen LogP contribution in [0.2, 0.25) is 0 Å². The maximum Gasteiger partial charge on any atom is 0.472 e. The Bertz CT molecular complexity index is 2680. The summed E-state index contributed by atoms with van der Waals surface area (Å²) in [6, 6.07) is 0. The summed E-state index contributed by atoms with van der Waals surface area (Å²) in [5.41, 5.74) is 0. The number of aliphatic hydroxyl groups excluding tert-OH is 1. The van der Waals surface area contributed by atoms with Gasteiger partial charge in [0.2, 0.25) is 0 Å². The molecule has 0 aromatic carbocycles. The Kier molecular flexibility index (Phi) is 73.5. The van der Waals surface area contributed by atoms with Crippen molar-refractivity contribution >= 4 is 39.5 Å². The van der Waals surface area contributed by atoms with Gasteiger partial charge in [0, 0.05) is 25.7 Å². The molecule has 0 radical (unpaired) electrons. The van der Waals surface area contributed by atoms with E-state index in [1.807, 2.05) is 0 Å². The van der Waals surface area contributed by atoms with Crippen LogP contribution in [0, 0.1) is 0 Å². The molecule has 0 aromatic rings. The predicted octanol–water partition coefficient (Wildman–Crippen LogP) is 23.8. The van der Waals surface area contributed by atoms with Gasteiger partial charge in [0.15, 0.2) is 12.2 Å². The van der Waals surface area contributed by atoms with E-state index < -0.39 is 97.5 Å². The molecule has 0 spiro atoms. The van der Waals surface area contributed by atoms with Gasteiger partial charge >= 0.3 is 39.5 Å². The van der Waals surface area contributed by atoms with Crippen LogP contribution in [0.3, 0.4) is 0 Å². The van der Waals surface area contributed by atoms with Gasteiger partial charge in [0.25, 0.3) is 0 Å². The summed E-state index contributed by atoms with van der Waals surface area (Å²) in [5, 5.41) is 10.7. The van der Waals surface area contributed by atoms with Gasteiger partial charge in [-0.1, -0.05) is 268 Å². The van der Waals surface area contributed by atoms with E-state index >= 15 is 0 Å². The standard InChI is InChI=1S/C87H142O17P2/c1-5-9-13-17-21-25-29-33-37-39-40-42-45-48-52-56-60-64-68-72-85(90)98-78-83(104-87(92)74-70-66-62-58-54-50-46-41-38-34-30-26-22-18-14-10-6-2)80-102-106(95,96)100-76-81(88)75-99-105(93,94)101-79-82(103-86(91)73-69-65-61-57-53-49-44-36-32-28-24-20-16-12-8-4)77-97-84(89)71-67-63-59-55-51-47-43-35-31-27-23-19-15-11-7-3/h9-11,13-15,21-28,33-38,40,42-44,46,50-51,55,81-83,88H,5-8,12,16-20,29-32,39,41,45,47-49,52-54,56-80H2,1-4H3,(H,93,94)(H,95,96)/b13-9-,14-10-,15-11-,25-21-,26-22-,27-23-,28-24-,37-33-,38-34-,42-40-,43-35-,44-36-,50-46-,55-51-. The maximum absolute atomic E-state index is 13.1. The van der Waals surface area contributed by atoms with Gasteiger partial charge in [-0.05, 0) is 173 Å². The van der Waals surface area contributed by atoms with Crippen molar-refractivity contribution in [2.45, 2.75) is 316 Å². The largest absolute Gasteiger partial charge is 0.472 e. The van der Waals surface area contributed by atoms with E-state index in [0.29, 0.717) is 25.7 Å². The number of phosphoric ester groups is 2. The molecule has 106 heavy (non-hydrogen) atoms. The number of allylic oxidation sites excluding steroid dienone is 28. The van der Waals surface area contributed by atoms with E-state index in [9.17, 15) is 43.2 Å². The zero-order valence-electron chi connectivity index (χ0n) is 65.8. The number of ether oxygens (including phenoxy) is 4. The topological polar surface area (TPSA) is 237 Å². The zero-order chi connectivity index (χ0) is 77.4. The van der Waals surface area contributed by atoms with Crippen molar-refractivity contribution in [1.29, 1.82) is 0 Å². The maximum atomic E-state index is 13.1. The lowest BCUT2D eigenvalue weighted by Gasteiger charge is -2.21. The number of aliphatic hydroxyl groups is 1. The number of carbonyl (C=O) groups is 4. The molecule has 602 valence electrons. The van der Waals surface area contributed by atoms with Gasteiger partial charge in [-0.25, -0.2) is 9.13 Å². The molecule has 3 N–H and O–H groups in total. The minimum absolute atomic E-state index is 0.0562. The van der Waals surface area contributed by atoms with Crippen molar-refractivity contribution in [2.75, 3.05) is 39.6 Å². The third kappa shape index (κ3) is 76.6. The van der Waals surface area contributed by atoms with Crippen LogP contribution in [0.25, 0.3) is 0 Å². The second-order valence-corrected chi connectivity index (χ2v) is 29.1. The molecule has 0 amide bonds. The predicted molar refractivity (Wildman–Crippen MR) is 436 cm³/mol. The summed E-state index contributed by atoms with van der Waals surface area (Å²) in [6.45, 7) is 4.39. The molecule has 5 atom stereocenters. The van der Waals surface area contributed by atoms with Gasteiger partial charge in [0.05, 0.1) is 26.4 Å². The Balaban J connectivity index is 5.46. The van der Waals surface area contributed by atoms with E-state index in [1.165, 1.54) is 19.3 Å². The first-order valence-electron chi connectivity index (χ1n) is 40.4. The molecule has 0 aromatic heterocycles. The van der Waals surface area contributed by atoms with Crippen molar-refractivity contribution in [3.63, 3.8) is 0 Å².